The number of rotatable bonds is 1. The third-order valence-corrected chi connectivity index (χ3v) is 4.21. The lowest BCUT2D eigenvalue weighted by Gasteiger charge is -2.40. The molecule has 2 N–H and O–H groups in total. The summed E-state index contributed by atoms with van der Waals surface area (Å²) >= 11 is 6.14. The minimum atomic E-state index is -0.418. The highest BCUT2D eigenvalue weighted by Gasteiger charge is 2.41. The highest BCUT2D eigenvalue weighted by Crippen LogP contribution is 2.36. The molecule has 2 aliphatic heterocycles. The number of hydrogen-bond acceptors (Lipinski definition) is 4. The van der Waals surface area contributed by atoms with Gasteiger partial charge in [0.2, 0.25) is 0 Å². The van der Waals surface area contributed by atoms with E-state index in [0.29, 0.717) is 23.9 Å². The molecule has 2 heterocycles. The summed E-state index contributed by atoms with van der Waals surface area (Å²) in [5.41, 5.74) is 8.72. The first-order valence-corrected chi connectivity index (χ1v) is 7.06. The molecule has 19 heavy (non-hydrogen) atoms. The molecule has 0 aromatic heterocycles. The fraction of sp³-hybridized carbons (Fsp3) is 0.571. The zero-order valence-corrected chi connectivity index (χ0v) is 11.9. The van der Waals surface area contributed by atoms with E-state index >= 15 is 0 Å². The summed E-state index contributed by atoms with van der Waals surface area (Å²) in [6.45, 7) is 5.19. The zero-order valence-electron chi connectivity index (χ0n) is 11.1. The third-order valence-electron chi connectivity index (χ3n) is 3.89. The second-order valence-corrected chi connectivity index (χ2v) is 5.70. The van der Waals surface area contributed by atoms with Crippen LogP contribution in [0.3, 0.4) is 0 Å². The zero-order chi connectivity index (χ0) is 13.5. The Hall–Kier alpha value is -0.970. The molecule has 104 valence electrons. The van der Waals surface area contributed by atoms with E-state index in [1.807, 2.05) is 12.1 Å². The number of halogens is 1. The van der Waals surface area contributed by atoms with E-state index < -0.39 is 5.79 Å². The van der Waals surface area contributed by atoms with Crippen LogP contribution < -0.4 is 10.6 Å². The Labute approximate surface area is 118 Å². The van der Waals surface area contributed by atoms with Gasteiger partial charge >= 0.3 is 0 Å². The Balaban J connectivity index is 1.87. The molecule has 0 amide bonds. The van der Waals surface area contributed by atoms with Crippen LogP contribution in [0.25, 0.3) is 0 Å². The first-order valence-electron chi connectivity index (χ1n) is 6.68. The Kier molecular flexibility index (Phi) is 3.33. The van der Waals surface area contributed by atoms with E-state index in [9.17, 15) is 0 Å². The lowest BCUT2D eigenvalue weighted by atomic mass is 10.0. The number of ether oxygens (including phenoxy) is 2. The lowest BCUT2D eigenvalue weighted by molar-refractivity contribution is -0.161. The number of anilines is 2. The molecule has 0 aliphatic carbocycles. The molecule has 0 bridgehead atoms. The van der Waals surface area contributed by atoms with E-state index in [1.54, 1.807) is 0 Å². The molecule has 4 nitrogen and oxygen atoms in total. The maximum atomic E-state index is 6.14. The van der Waals surface area contributed by atoms with Crippen LogP contribution in [0, 0.1) is 6.92 Å². The molecular weight excluding hydrogens is 264 g/mol. The van der Waals surface area contributed by atoms with Crippen LogP contribution in [0.2, 0.25) is 5.02 Å². The van der Waals surface area contributed by atoms with Gasteiger partial charge in [-0.3, -0.25) is 0 Å². The maximum absolute atomic E-state index is 6.14. The molecule has 3 rings (SSSR count). The Morgan fingerprint density at radius 1 is 1.32 bits per heavy atom. The highest BCUT2D eigenvalue weighted by atomic mass is 35.5. The minimum absolute atomic E-state index is 0.418. The van der Waals surface area contributed by atoms with Gasteiger partial charge < -0.3 is 20.1 Å². The Morgan fingerprint density at radius 2 is 2.05 bits per heavy atom. The van der Waals surface area contributed by atoms with Gasteiger partial charge in [-0.2, -0.15) is 0 Å². The smallest absolute Gasteiger partial charge is 0.186 e. The molecule has 5 heteroatoms. The highest BCUT2D eigenvalue weighted by molar-refractivity contribution is 6.33. The van der Waals surface area contributed by atoms with E-state index in [0.717, 1.165) is 37.2 Å². The molecule has 0 unspecified atom stereocenters. The second-order valence-electron chi connectivity index (χ2n) is 5.29. The van der Waals surface area contributed by atoms with Crippen LogP contribution in [-0.4, -0.2) is 32.1 Å². The van der Waals surface area contributed by atoms with Gasteiger partial charge in [-0.15, -0.1) is 0 Å². The van der Waals surface area contributed by atoms with Crippen LogP contribution in [0.1, 0.15) is 18.4 Å². The van der Waals surface area contributed by atoms with Gasteiger partial charge in [0.25, 0.3) is 0 Å². The summed E-state index contributed by atoms with van der Waals surface area (Å²) in [7, 11) is 0. The normalized spacial score (nSPS) is 22.1. The van der Waals surface area contributed by atoms with Gasteiger partial charge in [-0.25, -0.2) is 0 Å². The van der Waals surface area contributed by atoms with Crippen molar-refractivity contribution in [2.75, 3.05) is 36.9 Å². The van der Waals surface area contributed by atoms with E-state index in [2.05, 4.69) is 11.8 Å². The average molecular weight is 283 g/mol. The molecule has 0 saturated carbocycles. The van der Waals surface area contributed by atoms with Crippen LogP contribution in [0.4, 0.5) is 11.4 Å². The quantitative estimate of drug-likeness (QED) is 0.804. The number of piperidine rings is 1. The number of hydrogen-bond donors (Lipinski definition) is 1. The van der Waals surface area contributed by atoms with E-state index in [4.69, 9.17) is 26.8 Å². The van der Waals surface area contributed by atoms with Gasteiger partial charge in [-0.05, 0) is 31.0 Å². The number of aryl methyl sites for hydroxylation is 1. The largest absolute Gasteiger partial charge is 0.398 e. The fourth-order valence-corrected chi connectivity index (χ4v) is 3.12. The summed E-state index contributed by atoms with van der Waals surface area (Å²) in [4.78, 5) is 2.29. The van der Waals surface area contributed by atoms with Crippen molar-refractivity contribution in [2.45, 2.75) is 25.6 Å². The fourth-order valence-electron chi connectivity index (χ4n) is 2.96. The first-order chi connectivity index (χ1) is 9.10. The standard InChI is InChI=1S/C14H19ClN2O2/c1-10-7-12(16)11(15)8-13(10)17-4-2-3-14(9-17)18-5-6-19-14/h7-8H,2-6,9,16H2,1H3. The Bertz CT molecular complexity index is 487. The summed E-state index contributed by atoms with van der Waals surface area (Å²) in [6.07, 6.45) is 2.02. The topological polar surface area (TPSA) is 47.7 Å². The molecule has 0 radical (unpaired) electrons. The summed E-state index contributed by atoms with van der Waals surface area (Å²) in [5, 5.41) is 0.605. The van der Waals surface area contributed by atoms with Gasteiger partial charge in [0.15, 0.2) is 5.79 Å². The van der Waals surface area contributed by atoms with E-state index in [-0.39, 0.29) is 0 Å². The summed E-state index contributed by atoms with van der Waals surface area (Å²) in [6, 6.07) is 3.87. The molecule has 1 aromatic rings. The second kappa shape index (κ2) is 4.85. The van der Waals surface area contributed by atoms with Gasteiger partial charge in [-0.1, -0.05) is 11.6 Å². The molecular formula is C14H19ClN2O2. The van der Waals surface area contributed by atoms with Gasteiger partial charge in [0.1, 0.15) is 0 Å². The monoisotopic (exact) mass is 282 g/mol. The number of benzene rings is 1. The lowest BCUT2D eigenvalue weighted by Crippen LogP contribution is -2.49. The van der Waals surface area contributed by atoms with Gasteiger partial charge in [0, 0.05) is 18.7 Å². The molecule has 2 fully saturated rings. The predicted octanol–water partition coefficient (Wildman–Crippen LogP) is 2.57. The first kappa shape index (κ1) is 13.0. The van der Waals surface area contributed by atoms with Crippen molar-refractivity contribution in [3.8, 4) is 0 Å². The van der Waals surface area contributed by atoms with Crippen molar-refractivity contribution < 1.29 is 9.47 Å². The number of nitrogens with zero attached hydrogens (tertiary/aromatic N) is 1. The number of nitrogen functional groups attached to an aromatic ring is 1. The van der Waals surface area contributed by atoms with Crippen molar-refractivity contribution >= 4 is 23.0 Å². The maximum Gasteiger partial charge on any atom is 0.186 e. The van der Waals surface area contributed by atoms with E-state index in [1.165, 1.54) is 0 Å². The molecule has 1 aromatic carbocycles. The summed E-state index contributed by atoms with van der Waals surface area (Å²) in [5.74, 6) is -0.418. The van der Waals surface area contributed by atoms with Gasteiger partial charge in [0.05, 0.1) is 30.5 Å². The molecule has 0 atom stereocenters. The van der Waals surface area contributed by atoms with Crippen molar-refractivity contribution in [1.82, 2.24) is 0 Å². The number of nitrogens with two attached hydrogens (primary N) is 1. The average Bonchev–Trinajstić information content (AvgIpc) is 2.82. The van der Waals surface area contributed by atoms with Crippen molar-refractivity contribution in [3.63, 3.8) is 0 Å². The van der Waals surface area contributed by atoms with Crippen molar-refractivity contribution in [1.29, 1.82) is 0 Å². The minimum Gasteiger partial charge on any atom is -0.398 e. The van der Waals surface area contributed by atoms with Crippen molar-refractivity contribution in [2.24, 2.45) is 0 Å². The third kappa shape index (κ3) is 2.40. The van der Waals surface area contributed by atoms with Crippen LogP contribution in [0.5, 0.6) is 0 Å². The van der Waals surface area contributed by atoms with Crippen LogP contribution >= 0.6 is 11.6 Å². The molecule has 2 saturated heterocycles. The predicted molar refractivity (Wildman–Crippen MR) is 76.7 cm³/mol. The summed E-state index contributed by atoms with van der Waals surface area (Å²) < 4.78 is 11.6. The van der Waals surface area contributed by atoms with Crippen molar-refractivity contribution in [3.05, 3.63) is 22.7 Å². The molecule has 1 spiro atoms. The molecule has 2 aliphatic rings. The Morgan fingerprint density at radius 3 is 2.79 bits per heavy atom. The SMILES string of the molecule is Cc1cc(N)c(Cl)cc1N1CCCC2(C1)OCCO2. The van der Waals surface area contributed by atoms with Crippen LogP contribution in [0.15, 0.2) is 12.1 Å². The van der Waals surface area contributed by atoms with Crippen LogP contribution in [-0.2, 0) is 9.47 Å².